The van der Waals surface area contributed by atoms with Gasteiger partial charge in [-0.2, -0.15) is 0 Å². The van der Waals surface area contributed by atoms with E-state index in [1.165, 1.54) is 18.2 Å². The molecule has 2 aromatic heterocycles. The summed E-state index contributed by atoms with van der Waals surface area (Å²) in [7, 11) is 0. The van der Waals surface area contributed by atoms with Crippen LogP contribution in [0.25, 0.3) is 5.82 Å². The first-order valence-corrected chi connectivity index (χ1v) is 10.9. The van der Waals surface area contributed by atoms with E-state index in [1.54, 1.807) is 35.1 Å². The van der Waals surface area contributed by atoms with Gasteiger partial charge in [0.25, 0.3) is 5.91 Å². The van der Waals surface area contributed by atoms with Crippen LogP contribution < -0.4 is 10.5 Å². The van der Waals surface area contributed by atoms with Crippen LogP contribution in [0.2, 0.25) is 5.15 Å². The van der Waals surface area contributed by atoms with Crippen molar-refractivity contribution in [2.45, 2.75) is 32.6 Å². The fourth-order valence-electron chi connectivity index (χ4n) is 3.64. The van der Waals surface area contributed by atoms with Crippen molar-refractivity contribution >= 4 is 30.1 Å². The van der Waals surface area contributed by atoms with Gasteiger partial charge in [0.15, 0.2) is 5.82 Å². The SMILES string of the molecule is CC1(C)C(COc2ccn(-c3ccc(C(N)=O)c(Cl)n3)n2)C1(C)C.Fc1cccc(S)c1. The van der Waals surface area contributed by atoms with Gasteiger partial charge in [-0.05, 0) is 41.2 Å². The molecular formula is C23H26ClFN4O2S. The Morgan fingerprint density at radius 3 is 2.41 bits per heavy atom. The van der Waals surface area contributed by atoms with Crippen molar-refractivity contribution in [2.75, 3.05) is 6.61 Å². The Morgan fingerprint density at radius 2 is 1.91 bits per heavy atom. The highest BCUT2D eigenvalue weighted by molar-refractivity contribution is 7.80. The lowest BCUT2D eigenvalue weighted by Gasteiger charge is -2.05. The van der Waals surface area contributed by atoms with Gasteiger partial charge in [-0.15, -0.1) is 17.7 Å². The lowest BCUT2D eigenvalue weighted by Crippen LogP contribution is -2.13. The van der Waals surface area contributed by atoms with Crippen molar-refractivity contribution < 1.29 is 13.9 Å². The molecule has 1 aliphatic rings. The van der Waals surface area contributed by atoms with Crippen LogP contribution in [0.4, 0.5) is 4.39 Å². The van der Waals surface area contributed by atoms with E-state index >= 15 is 0 Å². The van der Waals surface area contributed by atoms with Crippen LogP contribution in [0.3, 0.4) is 0 Å². The molecule has 3 aromatic rings. The summed E-state index contributed by atoms with van der Waals surface area (Å²) in [6.07, 6.45) is 1.74. The first kappa shape index (κ1) is 24.1. The maximum absolute atomic E-state index is 12.1. The number of amides is 1. The van der Waals surface area contributed by atoms with Gasteiger partial charge >= 0.3 is 0 Å². The number of nitrogens with two attached hydrogens (primary N) is 1. The number of carbonyl (C=O) groups excluding carboxylic acids is 1. The quantitative estimate of drug-likeness (QED) is 0.392. The van der Waals surface area contributed by atoms with Gasteiger partial charge < -0.3 is 10.5 Å². The Hall–Kier alpha value is -2.58. The minimum atomic E-state index is -0.613. The normalized spacial score (nSPS) is 16.1. The largest absolute Gasteiger partial charge is 0.476 e. The predicted molar refractivity (Wildman–Crippen MR) is 125 cm³/mol. The standard InChI is InChI=1S/C17H21ClN4O2.C6H5FS/c1-16(2)11(17(16,3)4)9-24-13-7-8-22(21-13)12-6-5-10(15(19)23)14(18)20-12;7-5-2-1-3-6(8)4-5/h5-8,11H,9H2,1-4H3,(H2,19,23);1-4,8H. The zero-order valence-corrected chi connectivity index (χ0v) is 20.0. The lowest BCUT2D eigenvalue weighted by atomic mass is 10.0. The second-order valence-electron chi connectivity index (χ2n) is 8.76. The maximum Gasteiger partial charge on any atom is 0.251 e. The van der Waals surface area contributed by atoms with Crippen LogP contribution in [0, 0.1) is 22.6 Å². The molecule has 0 atom stereocenters. The number of hydrogen-bond donors (Lipinski definition) is 2. The minimum Gasteiger partial charge on any atom is -0.476 e. The molecule has 0 spiro atoms. The molecule has 1 aliphatic carbocycles. The zero-order valence-electron chi connectivity index (χ0n) is 18.3. The summed E-state index contributed by atoms with van der Waals surface area (Å²) in [6, 6.07) is 11.0. The number of ether oxygens (including phenoxy) is 1. The fraction of sp³-hybridized carbons (Fsp3) is 0.348. The van der Waals surface area contributed by atoms with Crippen LogP contribution in [0.1, 0.15) is 38.1 Å². The van der Waals surface area contributed by atoms with Gasteiger partial charge in [0.2, 0.25) is 5.88 Å². The molecular weight excluding hydrogens is 451 g/mol. The van der Waals surface area contributed by atoms with Crippen molar-refractivity contribution in [2.24, 2.45) is 22.5 Å². The molecule has 2 heterocycles. The van der Waals surface area contributed by atoms with E-state index < -0.39 is 5.91 Å². The number of rotatable bonds is 5. The van der Waals surface area contributed by atoms with Gasteiger partial charge in [0.05, 0.1) is 12.2 Å². The number of pyridine rings is 1. The second kappa shape index (κ2) is 9.11. The predicted octanol–water partition coefficient (Wildman–Crippen LogP) is 5.20. The number of carbonyl (C=O) groups is 1. The lowest BCUT2D eigenvalue weighted by molar-refractivity contribution is 0.1000. The number of thiol groups is 1. The molecule has 1 aromatic carbocycles. The highest BCUT2D eigenvalue weighted by Crippen LogP contribution is 2.68. The van der Waals surface area contributed by atoms with Crippen LogP contribution in [-0.2, 0) is 0 Å². The van der Waals surface area contributed by atoms with Gasteiger partial charge in [-0.1, -0.05) is 45.4 Å². The number of benzene rings is 1. The van der Waals surface area contributed by atoms with E-state index in [4.69, 9.17) is 22.1 Å². The van der Waals surface area contributed by atoms with E-state index in [1.807, 2.05) is 0 Å². The Balaban J connectivity index is 0.000000305. The topological polar surface area (TPSA) is 83.0 Å². The third kappa shape index (κ3) is 5.07. The zero-order chi connectivity index (χ0) is 23.7. The summed E-state index contributed by atoms with van der Waals surface area (Å²) >= 11 is 9.88. The van der Waals surface area contributed by atoms with Gasteiger partial charge in [0.1, 0.15) is 11.0 Å². The molecule has 0 aliphatic heterocycles. The minimum absolute atomic E-state index is 0.0550. The molecule has 32 heavy (non-hydrogen) atoms. The Kier molecular flexibility index (Phi) is 6.86. The average molecular weight is 477 g/mol. The highest BCUT2D eigenvalue weighted by Gasteiger charge is 2.64. The monoisotopic (exact) mass is 476 g/mol. The Bertz CT molecular complexity index is 1100. The second-order valence-corrected chi connectivity index (χ2v) is 9.63. The molecule has 0 radical (unpaired) electrons. The van der Waals surface area contributed by atoms with Crippen LogP contribution in [0.15, 0.2) is 53.6 Å². The van der Waals surface area contributed by atoms with Crippen molar-refractivity contribution in [3.63, 3.8) is 0 Å². The number of aromatic nitrogens is 3. The Morgan fingerprint density at radius 1 is 1.22 bits per heavy atom. The third-order valence-electron chi connectivity index (χ3n) is 6.42. The summed E-state index contributed by atoms with van der Waals surface area (Å²) in [6.45, 7) is 9.65. The van der Waals surface area contributed by atoms with Crippen LogP contribution in [-0.4, -0.2) is 27.3 Å². The van der Waals surface area contributed by atoms with E-state index in [0.717, 1.165) is 0 Å². The molecule has 1 saturated carbocycles. The molecule has 1 amide bonds. The van der Waals surface area contributed by atoms with Gasteiger partial charge in [-0.3, -0.25) is 4.79 Å². The molecule has 0 saturated heterocycles. The average Bonchev–Trinajstić information content (AvgIpc) is 3.02. The summed E-state index contributed by atoms with van der Waals surface area (Å²) in [4.78, 5) is 16.0. The molecule has 6 nitrogen and oxygen atoms in total. The third-order valence-corrected chi connectivity index (χ3v) is 6.99. The van der Waals surface area contributed by atoms with Crippen LogP contribution >= 0.6 is 24.2 Å². The molecule has 2 N–H and O–H groups in total. The van der Waals surface area contributed by atoms with E-state index in [2.05, 4.69) is 50.4 Å². The summed E-state index contributed by atoms with van der Waals surface area (Å²) in [5.74, 6) is 0.672. The highest BCUT2D eigenvalue weighted by atomic mass is 35.5. The van der Waals surface area contributed by atoms with Gasteiger partial charge in [-0.25, -0.2) is 14.1 Å². The maximum atomic E-state index is 12.1. The molecule has 0 unspecified atom stereocenters. The molecule has 4 rings (SSSR count). The Labute approximate surface area is 197 Å². The number of hydrogen-bond acceptors (Lipinski definition) is 5. The molecule has 1 fully saturated rings. The van der Waals surface area contributed by atoms with Crippen LogP contribution in [0.5, 0.6) is 5.88 Å². The number of nitrogens with zero attached hydrogens (tertiary/aromatic N) is 3. The molecule has 9 heteroatoms. The first-order valence-electron chi connectivity index (χ1n) is 10.0. The van der Waals surface area contributed by atoms with Crippen molar-refractivity contribution in [3.8, 4) is 11.7 Å². The van der Waals surface area contributed by atoms with Crippen molar-refractivity contribution in [1.82, 2.24) is 14.8 Å². The number of halogens is 2. The first-order chi connectivity index (χ1) is 14.9. The number of primary amides is 1. The van der Waals surface area contributed by atoms with E-state index in [0.29, 0.717) is 29.1 Å². The molecule has 170 valence electrons. The summed E-state index contributed by atoms with van der Waals surface area (Å²) in [5.41, 5.74) is 5.95. The summed E-state index contributed by atoms with van der Waals surface area (Å²) in [5, 5.41) is 4.40. The summed E-state index contributed by atoms with van der Waals surface area (Å²) < 4.78 is 19.5. The van der Waals surface area contributed by atoms with E-state index in [9.17, 15) is 9.18 Å². The molecule has 0 bridgehead atoms. The van der Waals surface area contributed by atoms with Gasteiger partial charge in [0, 0.05) is 23.1 Å². The van der Waals surface area contributed by atoms with E-state index in [-0.39, 0.29) is 27.4 Å². The van der Waals surface area contributed by atoms with Crippen molar-refractivity contribution in [3.05, 3.63) is 65.2 Å². The smallest absolute Gasteiger partial charge is 0.251 e. The fourth-order valence-corrected chi connectivity index (χ4v) is 4.09. The van der Waals surface area contributed by atoms with Crippen molar-refractivity contribution in [1.29, 1.82) is 0 Å².